The predicted molar refractivity (Wildman–Crippen MR) is 85.1 cm³/mol. The van der Waals surface area contributed by atoms with Crippen LogP contribution in [0.25, 0.3) is 0 Å². The Bertz CT molecular complexity index is 323. The van der Waals surface area contributed by atoms with E-state index < -0.39 is 0 Å². The van der Waals surface area contributed by atoms with Crippen LogP contribution in [0.5, 0.6) is 0 Å². The predicted octanol–water partition coefficient (Wildman–Crippen LogP) is 2.97. The number of nitrogens with one attached hydrogen (secondary N) is 1. The minimum atomic E-state index is 0. The molecule has 0 spiro atoms. The quantitative estimate of drug-likeness (QED) is 0.863. The lowest BCUT2D eigenvalue weighted by Gasteiger charge is -2.29. The van der Waals surface area contributed by atoms with Gasteiger partial charge in [0, 0.05) is 13.1 Å². The van der Waals surface area contributed by atoms with E-state index >= 15 is 0 Å². The summed E-state index contributed by atoms with van der Waals surface area (Å²) in [5.41, 5.74) is 1.46. The van der Waals surface area contributed by atoms with Gasteiger partial charge in [-0.05, 0) is 50.4 Å². The highest BCUT2D eigenvalue weighted by molar-refractivity contribution is 5.85. The topological polar surface area (TPSA) is 15.3 Å². The Morgan fingerprint density at radius 2 is 1.84 bits per heavy atom. The molecule has 1 fully saturated rings. The van der Waals surface area contributed by atoms with E-state index in [0.29, 0.717) is 0 Å². The molecular weight excluding hydrogens is 256 g/mol. The van der Waals surface area contributed by atoms with Gasteiger partial charge in [0.15, 0.2) is 0 Å². The third kappa shape index (κ3) is 5.94. The van der Waals surface area contributed by atoms with Crippen molar-refractivity contribution in [2.24, 2.45) is 5.92 Å². The van der Waals surface area contributed by atoms with Crippen molar-refractivity contribution in [3.05, 3.63) is 35.9 Å². The fraction of sp³-hybridized carbons (Fsp3) is 0.625. The number of likely N-dealkylation sites (N-methyl/N-ethyl adjacent to an activating group) is 1. The fourth-order valence-corrected chi connectivity index (χ4v) is 2.74. The summed E-state index contributed by atoms with van der Waals surface area (Å²) in [5.74, 6) is 0.905. The Morgan fingerprint density at radius 1 is 1.16 bits per heavy atom. The lowest BCUT2D eigenvalue weighted by atomic mass is 9.97. The summed E-state index contributed by atoms with van der Waals surface area (Å²) in [7, 11) is 0. The van der Waals surface area contributed by atoms with Crippen LogP contribution in [0.1, 0.15) is 25.3 Å². The molecule has 0 aliphatic carbocycles. The van der Waals surface area contributed by atoms with Gasteiger partial charge in [-0.25, -0.2) is 0 Å². The maximum Gasteiger partial charge on any atom is 0.00218 e. The molecular formula is C16H27ClN2. The minimum absolute atomic E-state index is 0. The van der Waals surface area contributed by atoms with E-state index in [4.69, 9.17) is 0 Å². The molecule has 2 rings (SSSR count). The first kappa shape index (κ1) is 16.5. The summed E-state index contributed by atoms with van der Waals surface area (Å²) in [6.45, 7) is 8.36. The number of rotatable bonds is 6. The molecule has 0 aromatic heterocycles. The van der Waals surface area contributed by atoms with E-state index in [9.17, 15) is 0 Å². The van der Waals surface area contributed by atoms with Gasteiger partial charge >= 0.3 is 0 Å². The molecule has 1 saturated heterocycles. The first-order valence-corrected chi connectivity index (χ1v) is 7.35. The summed E-state index contributed by atoms with van der Waals surface area (Å²) in [4.78, 5) is 2.61. The summed E-state index contributed by atoms with van der Waals surface area (Å²) < 4.78 is 0. The summed E-state index contributed by atoms with van der Waals surface area (Å²) in [5, 5.41) is 3.45. The van der Waals surface area contributed by atoms with Gasteiger partial charge in [-0.3, -0.25) is 0 Å². The number of piperidine rings is 1. The van der Waals surface area contributed by atoms with E-state index in [2.05, 4.69) is 47.5 Å². The Kier molecular flexibility index (Phi) is 8.11. The number of hydrogen-bond acceptors (Lipinski definition) is 2. The highest BCUT2D eigenvalue weighted by atomic mass is 35.5. The third-order valence-corrected chi connectivity index (χ3v) is 3.98. The Morgan fingerprint density at radius 3 is 2.47 bits per heavy atom. The van der Waals surface area contributed by atoms with Gasteiger partial charge in [-0.2, -0.15) is 0 Å². The van der Waals surface area contributed by atoms with Crippen molar-refractivity contribution in [2.75, 3.05) is 32.7 Å². The molecule has 0 atom stereocenters. The molecule has 108 valence electrons. The molecule has 1 aliphatic heterocycles. The smallest absolute Gasteiger partial charge is 0.00218 e. The van der Waals surface area contributed by atoms with Crippen LogP contribution < -0.4 is 5.32 Å². The second-order valence-electron chi connectivity index (χ2n) is 5.32. The van der Waals surface area contributed by atoms with E-state index in [1.807, 2.05) is 0 Å². The van der Waals surface area contributed by atoms with Crippen LogP contribution in [0.2, 0.25) is 0 Å². The Hall–Kier alpha value is -0.570. The number of hydrogen-bond donors (Lipinski definition) is 1. The highest BCUT2D eigenvalue weighted by Crippen LogP contribution is 2.13. The maximum atomic E-state index is 3.45. The lowest BCUT2D eigenvalue weighted by molar-refractivity contribution is 0.215. The van der Waals surface area contributed by atoms with Crippen molar-refractivity contribution in [1.29, 1.82) is 0 Å². The van der Waals surface area contributed by atoms with Crippen molar-refractivity contribution in [3.8, 4) is 0 Å². The molecule has 2 nitrogen and oxygen atoms in total. The van der Waals surface area contributed by atoms with Gasteiger partial charge in [0.1, 0.15) is 0 Å². The molecule has 0 amide bonds. The molecule has 0 unspecified atom stereocenters. The molecule has 1 aromatic carbocycles. The van der Waals surface area contributed by atoms with E-state index in [0.717, 1.165) is 5.92 Å². The molecule has 0 saturated carbocycles. The number of halogens is 1. The van der Waals surface area contributed by atoms with Crippen molar-refractivity contribution < 1.29 is 0 Å². The van der Waals surface area contributed by atoms with Gasteiger partial charge in [0.05, 0.1) is 0 Å². The van der Waals surface area contributed by atoms with E-state index in [-0.39, 0.29) is 12.4 Å². The largest absolute Gasteiger partial charge is 0.317 e. The summed E-state index contributed by atoms with van der Waals surface area (Å²) in [6.07, 6.45) is 3.88. The van der Waals surface area contributed by atoms with Gasteiger partial charge in [-0.1, -0.05) is 37.3 Å². The van der Waals surface area contributed by atoms with Crippen LogP contribution in [0.15, 0.2) is 30.3 Å². The monoisotopic (exact) mass is 282 g/mol. The molecule has 0 radical (unpaired) electrons. The van der Waals surface area contributed by atoms with Gasteiger partial charge in [0.25, 0.3) is 0 Å². The lowest BCUT2D eigenvalue weighted by Crippen LogP contribution is -2.37. The first-order valence-electron chi connectivity index (χ1n) is 7.35. The SMILES string of the molecule is CCN(CCc1ccccc1)CC1CCNCC1.Cl. The van der Waals surface area contributed by atoms with Crippen LogP contribution in [0, 0.1) is 5.92 Å². The molecule has 3 heteroatoms. The zero-order valence-electron chi connectivity index (χ0n) is 12.0. The molecule has 1 heterocycles. The first-order chi connectivity index (χ1) is 8.88. The van der Waals surface area contributed by atoms with Crippen LogP contribution in [-0.4, -0.2) is 37.6 Å². The molecule has 0 bridgehead atoms. The standard InChI is InChI=1S/C16H26N2.ClH/c1-2-18(14-16-8-11-17-12-9-16)13-10-15-6-4-3-5-7-15;/h3-7,16-17H,2,8-14H2,1H3;1H. The Labute approximate surface area is 124 Å². The van der Waals surface area contributed by atoms with Crippen molar-refractivity contribution >= 4 is 12.4 Å². The maximum absolute atomic E-state index is 3.45. The third-order valence-electron chi connectivity index (χ3n) is 3.98. The average Bonchev–Trinajstić information content (AvgIpc) is 2.45. The fourth-order valence-electron chi connectivity index (χ4n) is 2.74. The van der Waals surface area contributed by atoms with Gasteiger partial charge in [0.2, 0.25) is 0 Å². The minimum Gasteiger partial charge on any atom is -0.317 e. The van der Waals surface area contributed by atoms with Crippen LogP contribution in [0.4, 0.5) is 0 Å². The number of nitrogens with zero attached hydrogens (tertiary/aromatic N) is 1. The van der Waals surface area contributed by atoms with Crippen LogP contribution in [0.3, 0.4) is 0 Å². The molecule has 1 N–H and O–H groups in total. The second-order valence-corrected chi connectivity index (χ2v) is 5.32. The summed E-state index contributed by atoms with van der Waals surface area (Å²) >= 11 is 0. The molecule has 1 aromatic rings. The van der Waals surface area contributed by atoms with Crippen molar-refractivity contribution in [1.82, 2.24) is 10.2 Å². The van der Waals surface area contributed by atoms with Crippen molar-refractivity contribution in [2.45, 2.75) is 26.2 Å². The Balaban J connectivity index is 0.00000180. The van der Waals surface area contributed by atoms with E-state index in [1.54, 1.807) is 0 Å². The second kappa shape index (κ2) is 9.35. The number of benzene rings is 1. The normalized spacial score (nSPS) is 16.3. The average molecular weight is 283 g/mol. The molecule has 19 heavy (non-hydrogen) atoms. The van der Waals surface area contributed by atoms with E-state index in [1.165, 1.54) is 57.5 Å². The van der Waals surface area contributed by atoms with Crippen LogP contribution >= 0.6 is 12.4 Å². The van der Waals surface area contributed by atoms with Gasteiger partial charge < -0.3 is 10.2 Å². The highest BCUT2D eigenvalue weighted by Gasteiger charge is 2.15. The van der Waals surface area contributed by atoms with Gasteiger partial charge in [-0.15, -0.1) is 12.4 Å². The summed E-state index contributed by atoms with van der Waals surface area (Å²) in [6, 6.07) is 10.8. The molecule has 1 aliphatic rings. The zero-order valence-corrected chi connectivity index (χ0v) is 12.8. The zero-order chi connectivity index (χ0) is 12.6. The van der Waals surface area contributed by atoms with Crippen LogP contribution in [-0.2, 0) is 6.42 Å². The van der Waals surface area contributed by atoms with Crippen molar-refractivity contribution in [3.63, 3.8) is 0 Å².